The first-order valence-corrected chi connectivity index (χ1v) is 8.23. The van der Waals surface area contributed by atoms with E-state index in [4.69, 9.17) is 23.2 Å². The highest BCUT2D eigenvalue weighted by molar-refractivity contribution is 6.42. The zero-order valence-corrected chi connectivity index (χ0v) is 16.3. The second kappa shape index (κ2) is 11.0. The van der Waals surface area contributed by atoms with Crippen LogP contribution in [-0.4, -0.2) is 31.1 Å². The highest BCUT2D eigenvalue weighted by Gasteiger charge is 2.22. The summed E-state index contributed by atoms with van der Waals surface area (Å²) in [6.45, 7) is 8.90. The van der Waals surface area contributed by atoms with E-state index >= 15 is 0 Å². The van der Waals surface area contributed by atoms with Crippen molar-refractivity contribution in [2.75, 3.05) is 26.2 Å². The molecule has 1 aromatic rings. The Balaban J connectivity index is 0.00000220. The summed E-state index contributed by atoms with van der Waals surface area (Å²) in [4.78, 5) is 2.57. The third-order valence-electron chi connectivity index (χ3n) is 3.94. The molecule has 2 nitrogen and oxygen atoms in total. The lowest BCUT2D eigenvalue weighted by Gasteiger charge is -2.35. The third-order valence-corrected chi connectivity index (χ3v) is 4.68. The predicted molar refractivity (Wildman–Crippen MR) is 102 cm³/mol. The quantitative estimate of drug-likeness (QED) is 0.744. The molecule has 1 fully saturated rings. The van der Waals surface area contributed by atoms with E-state index in [0.717, 1.165) is 32.1 Å². The number of benzene rings is 1. The smallest absolute Gasteiger partial charge is 0.0595 e. The number of nitrogens with one attached hydrogen (secondary N) is 1. The first-order chi connectivity index (χ1) is 9.58. The molecule has 22 heavy (non-hydrogen) atoms. The Morgan fingerprint density at radius 1 is 1.05 bits per heavy atom. The molecular weight excluding hydrogens is 362 g/mol. The molecule has 0 radical (unpaired) electrons. The van der Waals surface area contributed by atoms with Crippen molar-refractivity contribution in [2.45, 2.75) is 32.7 Å². The number of rotatable bonds is 5. The highest BCUT2D eigenvalue weighted by Crippen LogP contribution is 2.32. The van der Waals surface area contributed by atoms with Crippen molar-refractivity contribution >= 4 is 48.0 Å². The van der Waals surface area contributed by atoms with Gasteiger partial charge in [0.1, 0.15) is 0 Å². The molecule has 0 bridgehead atoms. The molecule has 2 rings (SSSR count). The van der Waals surface area contributed by atoms with E-state index in [1.54, 1.807) is 0 Å². The lowest BCUT2D eigenvalue weighted by Crippen LogP contribution is -2.45. The Labute approximate surface area is 156 Å². The average molecular weight is 388 g/mol. The molecule has 0 aromatic heterocycles. The summed E-state index contributed by atoms with van der Waals surface area (Å²) >= 11 is 12.2. The van der Waals surface area contributed by atoms with Crippen molar-refractivity contribution in [2.24, 2.45) is 5.92 Å². The van der Waals surface area contributed by atoms with Gasteiger partial charge in [0.15, 0.2) is 0 Å². The lowest BCUT2D eigenvalue weighted by atomic mass is 9.96. The molecule has 1 aliphatic rings. The Kier molecular flexibility index (Phi) is 11.1. The van der Waals surface area contributed by atoms with Crippen LogP contribution >= 0.6 is 48.0 Å². The van der Waals surface area contributed by atoms with Gasteiger partial charge in [0, 0.05) is 32.2 Å². The second-order valence-electron chi connectivity index (χ2n) is 5.95. The van der Waals surface area contributed by atoms with Gasteiger partial charge < -0.3 is 5.32 Å². The summed E-state index contributed by atoms with van der Waals surface area (Å²) in [5.74, 6) is 0.725. The van der Waals surface area contributed by atoms with Crippen LogP contribution < -0.4 is 5.32 Å². The van der Waals surface area contributed by atoms with Crippen LogP contribution in [0.15, 0.2) is 18.2 Å². The summed E-state index contributed by atoms with van der Waals surface area (Å²) in [6.07, 6.45) is 2.41. The highest BCUT2D eigenvalue weighted by atomic mass is 35.5. The molecule has 1 aromatic carbocycles. The van der Waals surface area contributed by atoms with E-state index < -0.39 is 0 Å². The Bertz CT molecular complexity index is 434. The van der Waals surface area contributed by atoms with Gasteiger partial charge in [-0.3, -0.25) is 4.90 Å². The normalized spacial score (nSPS) is 16.8. The van der Waals surface area contributed by atoms with Crippen molar-refractivity contribution in [3.8, 4) is 0 Å². The number of hydrogen-bond acceptors (Lipinski definition) is 2. The van der Waals surface area contributed by atoms with Gasteiger partial charge in [0.2, 0.25) is 0 Å². The number of nitrogens with zero attached hydrogens (tertiary/aromatic N) is 1. The minimum absolute atomic E-state index is 0. The molecule has 1 saturated heterocycles. The minimum atomic E-state index is 0. The molecule has 0 spiro atoms. The first-order valence-electron chi connectivity index (χ1n) is 7.47. The average Bonchev–Trinajstić information content (AvgIpc) is 2.44. The fourth-order valence-corrected chi connectivity index (χ4v) is 3.07. The van der Waals surface area contributed by atoms with Gasteiger partial charge in [-0.05, 0) is 36.5 Å². The monoisotopic (exact) mass is 386 g/mol. The van der Waals surface area contributed by atoms with Gasteiger partial charge in [-0.25, -0.2) is 0 Å². The SMILES string of the molecule is CC(C)CC[C@H](c1ccc(Cl)c(Cl)c1)N1CCNCC1.Cl.Cl. The molecule has 0 aliphatic carbocycles. The third kappa shape index (κ3) is 6.43. The molecule has 0 unspecified atom stereocenters. The molecule has 1 heterocycles. The zero-order chi connectivity index (χ0) is 14.5. The largest absolute Gasteiger partial charge is 0.314 e. The van der Waals surface area contributed by atoms with Crippen LogP contribution in [0.25, 0.3) is 0 Å². The van der Waals surface area contributed by atoms with Crippen LogP contribution in [-0.2, 0) is 0 Å². The van der Waals surface area contributed by atoms with E-state index in [1.165, 1.54) is 18.4 Å². The minimum Gasteiger partial charge on any atom is -0.314 e. The second-order valence-corrected chi connectivity index (χ2v) is 6.76. The Morgan fingerprint density at radius 3 is 2.23 bits per heavy atom. The van der Waals surface area contributed by atoms with Crippen LogP contribution in [0.1, 0.15) is 38.3 Å². The molecule has 128 valence electrons. The fraction of sp³-hybridized carbons (Fsp3) is 0.625. The predicted octanol–water partition coefficient (Wildman–Crippen LogP) is 5.22. The first kappa shape index (κ1) is 22.3. The van der Waals surface area contributed by atoms with E-state index in [-0.39, 0.29) is 24.8 Å². The summed E-state index contributed by atoms with van der Waals surface area (Å²) in [5, 5.41) is 4.72. The summed E-state index contributed by atoms with van der Waals surface area (Å²) in [7, 11) is 0. The van der Waals surface area contributed by atoms with E-state index in [0.29, 0.717) is 16.1 Å². The van der Waals surface area contributed by atoms with Crippen molar-refractivity contribution in [1.29, 1.82) is 0 Å². The van der Waals surface area contributed by atoms with Crippen molar-refractivity contribution in [1.82, 2.24) is 10.2 Å². The van der Waals surface area contributed by atoms with Gasteiger partial charge in [0.25, 0.3) is 0 Å². The molecule has 6 heteroatoms. The standard InChI is InChI=1S/C16H24Cl2N2.2ClH/c1-12(2)3-6-16(20-9-7-19-8-10-20)13-4-5-14(17)15(18)11-13;;/h4-5,11-12,16,19H,3,6-10H2,1-2H3;2*1H/t16-;;/m1../s1. The van der Waals surface area contributed by atoms with Gasteiger partial charge in [0.05, 0.1) is 10.0 Å². The molecular formula is C16H26Cl4N2. The van der Waals surface area contributed by atoms with Crippen LogP contribution in [0.2, 0.25) is 10.0 Å². The number of hydrogen-bond donors (Lipinski definition) is 1. The number of piperazine rings is 1. The van der Waals surface area contributed by atoms with Crippen molar-refractivity contribution in [3.63, 3.8) is 0 Å². The molecule has 1 N–H and O–H groups in total. The summed E-state index contributed by atoms with van der Waals surface area (Å²) < 4.78 is 0. The maximum Gasteiger partial charge on any atom is 0.0595 e. The van der Waals surface area contributed by atoms with Gasteiger partial charge >= 0.3 is 0 Å². The summed E-state index contributed by atoms with van der Waals surface area (Å²) in [5.41, 5.74) is 1.29. The fourth-order valence-electron chi connectivity index (χ4n) is 2.76. The van der Waals surface area contributed by atoms with Crippen molar-refractivity contribution in [3.05, 3.63) is 33.8 Å². The maximum atomic E-state index is 6.20. The van der Waals surface area contributed by atoms with Gasteiger partial charge in [-0.2, -0.15) is 0 Å². The zero-order valence-electron chi connectivity index (χ0n) is 13.1. The van der Waals surface area contributed by atoms with E-state index in [2.05, 4.69) is 30.1 Å². The molecule has 0 saturated carbocycles. The summed E-state index contributed by atoms with van der Waals surface area (Å²) in [6, 6.07) is 6.54. The number of halogens is 4. The van der Waals surface area contributed by atoms with Crippen molar-refractivity contribution < 1.29 is 0 Å². The van der Waals surface area contributed by atoms with Crippen LogP contribution in [0.4, 0.5) is 0 Å². The van der Waals surface area contributed by atoms with Crippen LogP contribution in [0, 0.1) is 5.92 Å². The Hall–Kier alpha value is 0.300. The van der Waals surface area contributed by atoms with E-state index in [9.17, 15) is 0 Å². The lowest BCUT2D eigenvalue weighted by molar-refractivity contribution is 0.160. The van der Waals surface area contributed by atoms with E-state index in [1.807, 2.05) is 12.1 Å². The molecule has 0 amide bonds. The van der Waals surface area contributed by atoms with Crippen LogP contribution in [0.5, 0.6) is 0 Å². The van der Waals surface area contributed by atoms with Crippen LogP contribution in [0.3, 0.4) is 0 Å². The molecule has 1 atom stereocenters. The maximum absolute atomic E-state index is 6.20. The van der Waals surface area contributed by atoms with Gasteiger partial charge in [-0.15, -0.1) is 24.8 Å². The van der Waals surface area contributed by atoms with Gasteiger partial charge in [-0.1, -0.05) is 43.1 Å². The topological polar surface area (TPSA) is 15.3 Å². The Morgan fingerprint density at radius 2 is 1.68 bits per heavy atom. The molecule has 1 aliphatic heterocycles.